The molecule has 0 amide bonds. The number of carbonyl (C=O) groups excluding carboxylic acids is 1. The molecule has 0 aliphatic carbocycles. The molecule has 0 saturated heterocycles. The van der Waals surface area contributed by atoms with E-state index in [0.717, 1.165) is 38.5 Å². The molecular formula is C16H34CrO7. The van der Waals surface area contributed by atoms with E-state index >= 15 is 0 Å². The van der Waals surface area contributed by atoms with Crippen molar-refractivity contribution in [2.75, 3.05) is 0 Å². The maximum atomic E-state index is 10.5. The molecule has 0 aliphatic heterocycles. The first-order valence-electron chi connectivity index (χ1n) is 8.37. The predicted molar refractivity (Wildman–Crippen MR) is 84.7 cm³/mol. The molecule has 0 heterocycles. The van der Waals surface area contributed by atoms with Gasteiger partial charge in [-0.15, -0.1) is 0 Å². The van der Waals surface area contributed by atoms with Gasteiger partial charge in [-0.1, -0.05) is 39.5 Å². The van der Waals surface area contributed by atoms with Crippen LogP contribution < -0.4 is 0 Å². The van der Waals surface area contributed by atoms with Gasteiger partial charge in [0.1, 0.15) is 5.78 Å². The van der Waals surface area contributed by atoms with Crippen molar-refractivity contribution in [2.24, 2.45) is 0 Å². The fraction of sp³-hybridized carbons (Fsp3) is 0.938. The molecule has 146 valence electrons. The van der Waals surface area contributed by atoms with Crippen molar-refractivity contribution in [3.63, 3.8) is 0 Å². The summed E-state index contributed by atoms with van der Waals surface area (Å²) >= 11 is -3.79. The Balaban J connectivity index is -0.000000301. The van der Waals surface area contributed by atoms with Crippen LogP contribution in [-0.4, -0.2) is 39.4 Å². The number of aliphatic hydroxyl groups is 3. The van der Waals surface area contributed by atoms with Crippen LogP contribution in [0.2, 0.25) is 0 Å². The molecule has 24 heavy (non-hydrogen) atoms. The molecule has 3 N–H and O–H groups in total. The fourth-order valence-corrected chi connectivity index (χ4v) is 1.82. The SMILES string of the molecule is CCCCC(O)CC(C)=O.CCCCC(O)CC(C)O.[O]=[Cr](=[O])=[O]. The molecule has 0 bridgehead atoms. The molecule has 0 saturated carbocycles. The monoisotopic (exact) mass is 390 g/mol. The molecule has 3 unspecified atom stereocenters. The summed E-state index contributed by atoms with van der Waals surface area (Å²) in [5, 5.41) is 27.2. The molecule has 0 aromatic carbocycles. The second-order valence-corrected chi connectivity index (χ2v) is 6.42. The molecule has 0 aliphatic rings. The standard InChI is InChI=1S/C8H18O2.C8H16O2.Cr.3O/c2*1-3-4-5-8(10)6-7(2)9;;;;/h7-10H,3-6H2,1-2H3;8,10H,3-6H2,1-2H3;;;;. The van der Waals surface area contributed by atoms with Crippen LogP contribution in [0.4, 0.5) is 0 Å². The van der Waals surface area contributed by atoms with Crippen molar-refractivity contribution in [1.29, 1.82) is 0 Å². The third kappa shape index (κ3) is 37.6. The zero-order valence-corrected chi connectivity index (χ0v) is 16.5. The second-order valence-electron chi connectivity index (χ2n) is 5.79. The molecule has 8 heteroatoms. The quantitative estimate of drug-likeness (QED) is 0.522. The van der Waals surface area contributed by atoms with E-state index in [1.54, 1.807) is 6.92 Å². The number of Topliss-reactive ketones (excluding diaryl/α,β-unsaturated/α-hetero) is 1. The molecule has 0 fully saturated rings. The number of carbonyl (C=O) groups is 1. The van der Waals surface area contributed by atoms with Gasteiger partial charge in [0.05, 0.1) is 18.3 Å². The Labute approximate surface area is 149 Å². The first-order valence-corrected chi connectivity index (χ1v) is 9.93. The Morgan fingerprint density at radius 1 is 0.917 bits per heavy atom. The third-order valence-corrected chi connectivity index (χ3v) is 2.92. The summed E-state index contributed by atoms with van der Waals surface area (Å²) in [6.07, 6.45) is 5.58. The van der Waals surface area contributed by atoms with Gasteiger partial charge in [0, 0.05) is 6.42 Å². The average Bonchev–Trinajstić information content (AvgIpc) is 2.41. The summed E-state index contributed by atoms with van der Waals surface area (Å²) in [7, 11) is 0. The summed E-state index contributed by atoms with van der Waals surface area (Å²) in [5.74, 6) is 0.0728. The number of hydrogen-bond donors (Lipinski definition) is 3. The van der Waals surface area contributed by atoms with E-state index < -0.39 is 20.1 Å². The van der Waals surface area contributed by atoms with Crippen LogP contribution in [-0.2, 0) is 30.2 Å². The minimum absolute atomic E-state index is 0.0728. The van der Waals surface area contributed by atoms with E-state index in [9.17, 15) is 9.90 Å². The van der Waals surface area contributed by atoms with Crippen molar-refractivity contribution in [1.82, 2.24) is 0 Å². The summed E-state index contributed by atoms with van der Waals surface area (Å²) in [4.78, 5) is 10.5. The number of unbranched alkanes of at least 4 members (excludes halogenated alkanes) is 2. The molecule has 3 atom stereocenters. The third-order valence-electron chi connectivity index (χ3n) is 2.92. The average molecular weight is 390 g/mol. The van der Waals surface area contributed by atoms with Gasteiger partial charge in [-0.2, -0.15) is 0 Å². The van der Waals surface area contributed by atoms with Crippen LogP contribution in [0.1, 0.15) is 79.1 Å². The first-order chi connectivity index (χ1) is 11.1. The van der Waals surface area contributed by atoms with E-state index in [0.29, 0.717) is 12.8 Å². The Kier molecular flexibility index (Phi) is 24.2. The van der Waals surface area contributed by atoms with Crippen LogP contribution in [0.15, 0.2) is 0 Å². The summed E-state index contributed by atoms with van der Waals surface area (Å²) in [6.45, 7) is 7.37. The molecule has 0 aromatic rings. The summed E-state index contributed by atoms with van der Waals surface area (Å²) < 4.78 is 25.6. The van der Waals surface area contributed by atoms with Gasteiger partial charge >= 0.3 is 25.4 Å². The minimum atomic E-state index is -3.79. The van der Waals surface area contributed by atoms with E-state index in [1.807, 2.05) is 0 Å². The number of rotatable bonds is 10. The number of aliphatic hydroxyl groups excluding tert-OH is 3. The van der Waals surface area contributed by atoms with Crippen molar-refractivity contribution in [3.05, 3.63) is 0 Å². The Hall–Kier alpha value is -0.518. The van der Waals surface area contributed by atoms with Gasteiger partial charge in [-0.05, 0) is 33.1 Å². The van der Waals surface area contributed by atoms with Gasteiger partial charge in [0.15, 0.2) is 0 Å². The van der Waals surface area contributed by atoms with Gasteiger partial charge in [-0.3, -0.25) is 4.79 Å². The van der Waals surface area contributed by atoms with Crippen LogP contribution in [0.25, 0.3) is 0 Å². The van der Waals surface area contributed by atoms with Crippen LogP contribution in [0.3, 0.4) is 0 Å². The van der Waals surface area contributed by atoms with Gasteiger partial charge in [0.2, 0.25) is 0 Å². The Bertz CT molecular complexity index is 371. The van der Waals surface area contributed by atoms with E-state index in [-0.39, 0.29) is 18.0 Å². The van der Waals surface area contributed by atoms with E-state index in [2.05, 4.69) is 13.8 Å². The normalized spacial score (nSPS) is 13.5. The Morgan fingerprint density at radius 3 is 1.58 bits per heavy atom. The molecule has 7 nitrogen and oxygen atoms in total. The maximum absolute atomic E-state index is 10.5. The van der Waals surface area contributed by atoms with Crippen LogP contribution in [0, 0.1) is 0 Å². The van der Waals surface area contributed by atoms with Gasteiger partial charge < -0.3 is 15.3 Å². The van der Waals surface area contributed by atoms with Gasteiger partial charge in [-0.25, -0.2) is 0 Å². The molecular weight excluding hydrogens is 356 g/mol. The first kappa shape index (κ1) is 28.3. The molecule has 0 radical (unpaired) electrons. The fourth-order valence-electron chi connectivity index (χ4n) is 1.82. The van der Waals surface area contributed by atoms with E-state index in [4.69, 9.17) is 21.6 Å². The molecule has 0 rings (SSSR count). The van der Waals surface area contributed by atoms with Crippen molar-refractivity contribution < 1.29 is 45.5 Å². The summed E-state index contributed by atoms with van der Waals surface area (Å²) in [6, 6.07) is 0. The zero-order chi connectivity index (χ0) is 19.5. The number of hydrogen-bond acceptors (Lipinski definition) is 7. The van der Waals surface area contributed by atoms with Crippen LogP contribution in [0.5, 0.6) is 0 Å². The van der Waals surface area contributed by atoms with E-state index in [1.165, 1.54) is 6.92 Å². The van der Waals surface area contributed by atoms with Crippen molar-refractivity contribution in [3.8, 4) is 0 Å². The summed E-state index contributed by atoms with van der Waals surface area (Å²) in [5.41, 5.74) is 0. The van der Waals surface area contributed by atoms with Gasteiger partial charge in [0.25, 0.3) is 0 Å². The van der Waals surface area contributed by atoms with Crippen molar-refractivity contribution in [2.45, 2.75) is 97.4 Å². The molecule has 0 spiro atoms. The zero-order valence-electron chi connectivity index (χ0n) is 15.3. The second kappa shape index (κ2) is 20.5. The molecule has 0 aromatic heterocycles. The topological polar surface area (TPSA) is 129 Å². The Morgan fingerprint density at radius 2 is 1.29 bits per heavy atom. The number of ketones is 1. The van der Waals surface area contributed by atoms with Crippen molar-refractivity contribution >= 4 is 5.78 Å². The predicted octanol–water partition coefficient (Wildman–Crippen LogP) is 2.47. The van der Waals surface area contributed by atoms with Crippen LogP contribution >= 0.6 is 0 Å².